The SMILES string of the molecule is COC(=O)[C@H]1N=C(c2ccc(OC)cc2)O[C@H]1c1ccco1. The Morgan fingerprint density at radius 3 is 2.55 bits per heavy atom. The van der Waals surface area contributed by atoms with Crippen molar-refractivity contribution in [1.29, 1.82) is 0 Å². The number of aliphatic imine (C=N–C) groups is 1. The topological polar surface area (TPSA) is 70.3 Å². The molecule has 0 saturated heterocycles. The van der Waals surface area contributed by atoms with Gasteiger partial charge in [0.2, 0.25) is 5.90 Å². The van der Waals surface area contributed by atoms with E-state index in [0.717, 1.165) is 11.3 Å². The van der Waals surface area contributed by atoms with Gasteiger partial charge in [0, 0.05) is 5.56 Å². The minimum Gasteiger partial charge on any atom is -0.497 e. The van der Waals surface area contributed by atoms with Crippen molar-refractivity contribution in [2.24, 2.45) is 4.99 Å². The molecule has 0 fully saturated rings. The number of carbonyl (C=O) groups is 1. The summed E-state index contributed by atoms with van der Waals surface area (Å²) in [5, 5.41) is 0. The van der Waals surface area contributed by atoms with Crippen LogP contribution in [-0.4, -0.2) is 32.1 Å². The first-order valence-corrected chi connectivity index (χ1v) is 6.73. The lowest BCUT2D eigenvalue weighted by Crippen LogP contribution is -2.24. The van der Waals surface area contributed by atoms with Crippen molar-refractivity contribution in [2.45, 2.75) is 12.1 Å². The molecule has 2 heterocycles. The Bertz CT molecular complexity index is 675. The van der Waals surface area contributed by atoms with Gasteiger partial charge in [0.15, 0.2) is 12.1 Å². The van der Waals surface area contributed by atoms with Crippen molar-refractivity contribution in [3.8, 4) is 5.75 Å². The smallest absolute Gasteiger partial charge is 0.335 e. The van der Waals surface area contributed by atoms with Gasteiger partial charge >= 0.3 is 5.97 Å². The lowest BCUT2D eigenvalue weighted by Gasteiger charge is -2.13. The summed E-state index contributed by atoms with van der Waals surface area (Å²) in [4.78, 5) is 16.3. The quantitative estimate of drug-likeness (QED) is 0.811. The summed E-state index contributed by atoms with van der Waals surface area (Å²) in [7, 11) is 2.92. The molecule has 1 aliphatic heterocycles. The number of benzene rings is 1. The maximum atomic E-state index is 11.9. The summed E-state index contributed by atoms with van der Waals surface area (Å²) in [6, 6.07) is 9.93. The molecule has 1 aromatic heterocycles. The Balaban J connectivity index is 1.90. The zero-order chi connectivity index (χ0) is 15.5. The van der Waals surface area contributed by atoms with Crippen LogP contribution in [0.4, 0.5) is 0 Å². The second-order valence-corrected chi connectivity index (χ2v) is 4.68. The van der Waals surface area contributed by atoms with Gasteiger partial charge in [0.1, 0.15) is 11.5 Å². The van der Waals surface area contributed by atoms with Crippen LogP contribution < -0.4 is 4.74 Å². The summed E-state index contributed by atoms with van der Waals surface area (Å²) in [6.07, 6.45) is 0.901. The Kier molecular flexibility index (Phi) is 3.82. The molecule has 2 atom stereocenters. The van der Waals surface area contributed by atoms with Crippen LogP contribution in [0, 0.1) is 0 Å². The molecule has 22 heavy (non-hydrogen) atoms. The monoisotopic (exact) mass is 301 g/mol. The number of ether oxygens (including phenoxy) is 3. The van der Waals surface area contributed by atoms with Crippen molar-refractivity contribution in [3.63, 3.8) is 0 Å². The second-order valence-electron chi connectivity index (χ2n) is 4.68. The molecule has 3 rings (SSSR count). The molecule has 0 radical (unpaired) electrons. The van der Waals surface area contributed by atoms with E-state index < -0.39 is 18.1 Å². The van der Waals surface area contributed by atoms with E-state index in [9.17, 15) is 4.79 Å². The van der Waals surface area contributed by atoms with E-state index in [1.165, 1.54) is 13.4 Å². The highest BCUT2D eigenvalue weighted by Crippen LogP contribution is 2.32. The number of hydrogen-bond donors (Lipinski definition) is 0. The fourth-order valence-corrected chi connectivity index (χ4v) is 2.25. The molecule has 0 saturated carbocycles. The average molecular weight is 301 g/mol. The van der Waals surface area contributed by atoms with Gasteiger partial charge in [-0.25, -0.2) is 9.79 Å². The third kappa shape index (κ3) is 2.55. The van der Waals surface area contributed by atoms with Crippen LogP contribution in [0.2, 0.25) is 0 Å². The molecule has 0 aliphatic carbocycles. The number of hydrogen-bond acceptors (Lipinski definition) is 6. The van der Waals surface area contributed by atoms with Crippen LogP contribution >= 0.6 is 0 Å². The molecule has 0 bridgehead atoms. The van der Waals surface area contributed by atoms with Crippen molar-refractivity contribution >= 4 is 11.9 Å². The zero-order valence-corrected chi connectivity index (χ0v) is 12.2. The molecule has 6 nitrogen and oxygen atoms in total. The van der Waals surface area contributed by atoms with Gasteiger partial charge < -0.3 is 18.6 Å². The first-order valence-electron chi connectivity index (χ1n) is 6.73. The second kappa shape index (κ2) is 5.93. The van der Waals surface area contributed by atoms with Gasteiger partial charge in [-0.05, 0) is 36.4 Å². The van der Waals surface area contributed by atoms with Crippen LogP contribution in [0.1, 0.15) is 17.4 Å². The van der Waals surface area contributed by atoms with Crippen molar-refractivity contribution in [1.82, 2.24) is 0 Å². The molecule has 0 unspecified atom stereocenters. The van der Waals surface area contributed by atoms with Crippen LogP contribution in [0.3, 0.4) is 0 Å². The van der Waals surface area contributed by atoms with E-state index in [-0.39, 0.29) is 0 Å². The van der Waals surface area contributed by atoms with Crippen LogP contribution in [-0.2, 0) is 14.3 Å². The molecule has 0 spiro atoms. The summed E-state index contributed by atoms with van der Waals surface area (Å²) in [5.74, 6) is 1.17. The van der Waals surface area contributed by atoms with Crippen LogP contribution in [0.5, 0.6) is 5.75 Å². The predicted molar refractivity (Wildman–Crippen MR) is 77.9 cm³/mol. The molecule has 0 N–H and O–H groups in total. The maximum absolute atomic E-state index is 11.9. The fourth-order valence-electron chi connectivity index (χ4n) is 2.25. The van der Waals surface area contributed by atoms with Crippen molar-refractivity contribution in [2.75, 3.05) is 14.2 Å². The van der Waals surface area contributed by atoms with Crippen LogP contribution in [0.25, 0.3) is 0 Å². The lowest BCUT2D eigenvalue weighted by molar-refractivity contribution is -0.144. The first kappa shape index (κ1) is 14.2. The van der Waals surface area contributed by atoms with E-state index in [4.69, 9.17) is 18.6 Å². The lowest BCUT2D eigenvalue weighted by atomic mass is 10.1. The van der Waals surface area contributed by atoms with E-state index in [1.54, 1.807) is 31.4 Å². The Hall–Kier alpha value is -2.76. The minimum absolute atomic E-state index is 0.374. The summed E-state index contributed by atoms with van der Waals surface area (Å²) >= 11 is 0. The zero-order valence-electron chi connectivity index (χ0n) is 12.2. The number of nitrogens with zero attached hydrogens (tertiary/aromatic N) is 1. The highest BCUT2D eigenvalue weighted by molar-refractivity contribution is 5.98. The van der Waals surface area contributed by atoms with E-state index >= 15 is 0 Å². The number of rotatable bonds is 4. The molecule has 0 amide bonds. The van der Waals surface area contributed by atoms with E-state index in [1.807, 2.05) is 12.1 Å². The summed E-state index contributed by atoms with van der Waals surface area (Å²) in [5.41, 5.74) is 0.753. The third-order valence-corrected chi connectivity index (χ3v) is 3.38. The van der Waals surface area contributed by atoms with Gasteiger partial charge in [-0.15, -0.1) is 0 Å². The molecular weight excluding hydrogens is 286 g/mol. The molecule has 2 aromatic rings. The van der Waals surface area contributed by atoms with Crippen molar-refractivity contribution in [3.05, 3.63) is 54.0 Å². The fraction of sp³-hybridized carbons (Fsp3) is 0.250. The summed E-state index contributed by atoms with van der Waals surface area (Å²) < 4.78 is 21.1. The number of carbonyl (C=O) groups excluding carboxylic acids is 1. The van der Waals surface area contributed by atoms with Gasteiger partial charge in [-0.3, -0.25) is 0 Å². The Labute approximate surface area is 127 Å². The minimum atomic E-state index is -0.784. The van der Waals surface area contributed by atoms with Gasteiger partial charge in [-0.1, -0.05) is 0 Å². The predicted octanol–water partition coefficient (Wildman–Crippen LogP) is 2.35. The third-order valence-electron chi connectivity index (χ3n) is 3.38. The largest absolute Gasteiger partial charge is 0.497 e. The number of methoxy groups -OCH3 is 2. The number of esters is 1. The number of furan rings is 1. The highest BCUT2D eigenvalue weighted by atomic mass is 16.5. The van der Waals surface area contributed by atoms with E-state index in [2.05, 4.69) is 4.99 Å². The normalized spacial score (nSPS) is 20.2. The standard InChI is InChI=1S/C16H15NO5/c1-19-11-7-5-10(6-8-11)15-17-13(16(18)20-2)14(22-15)12-4-3-9-21-12/h3-9,13-14H,1-2H3/t13-,14-/m0/s1. The molecular formula is C16H15NO5. The average Bonchev–Trinajstić information content (AvgIpc) is 3.23. The summed E-state index contributed by atoms with van der Waals surface area (Å²) in [6.45, 7) is 0. The molecule has 1 aliphatic rings. The molecule has 1 aromatic carbocycles. The van der Waals surface area contributed by atoms with Gasteiger partial charge in [0.25, 0.3) is 0 Å². The van der Waals surface area contributed by atoms with Crippen LogP contribution in [0.15, 0.2) is 52.1 Å². The van der Waals surface area contributed by atoms with Crippen molar-refractivity contribution < 1.29 is 23.4 Å². The highest BCUT2D eigenvalue weighted by Gasteiger charge is 2.40. The van der Waals surface area contributed by atoms with Gasteiger partial charge in [-0.2, -0.15) is 0 Å². The first-order chi connectivity index (χ1) is 10.7. The molecule has 6 heteroatoms. The van der Waals surface area contributed by atoms with E-state index in [0.29, 0.717) is 11.7 Å². The maximum Gasteiger partial charge on any atom is 0.335 e. The Morgan fingerprint density at radius 1 is 1.18 bits per heavy atom. The Morgan fingerprint density at radius 2 is 1.95 bits per heavy atom. The molecule has 114 valence electrons. The van der Waals surface area contributed by atoms with Gasteiger partial charge in [0.05, 0.1) is 20.5 Å².